The second-order valence-corrected chi connectivity index (χ2v) is 5.80. The summed E-state index contributed by atoms with van der Waals surface area (Å²) >= 11 is 0. The van der Waals surface area contributed by atoms with Crippen LogP contribution in [-0.4, -0.2) is 26.0 Å². The van der Waals surface area contributed by atoms with Crippen LogP contribution in [0.1, 0.15) is 28.4 Å². The maximum absolute atomic E-state index is 13.1. The van der Waals surface area contributed by atoms with Gasteiger partial charge in [-0.3, -0.25) is 0 Å². The number of aryl methyl sites for hydroxylation is 1. The molecule has 140 valence electrons. The highest BCUT2D eigenvalue weighted by atomic mass is 19.4. The number of aromatic amines is 1. The lowest BCUT2D eigenvalue weighted by molar-refractivity contribution is -0.137. The van der Waals surface area contributed by atoms with Crippen molar-refractivity contribution >= 4 is 11.9 Å². The normalized spacial score (nSPS) is 11.6. The number of aromatic carboxylic acids is 1. The predicted octanol–water partition coefficient (Wildman–Crippen LogP) is 4.00. The summed E-state index contributed by atoms with van der Waals surface area (Å²) in [5.41, 5.74) is 6.03. The molecule has 0 saturated heterocycles. The summed E-state index contributed by atoms with van der Waals surface area (Å²) in [6.07, 6.45) is -2.71. The highest BCUT2D eigenvalue weighted by molar-refractivity contribution is 5.97. The third-order valence-corrected chi connectivity index (χ3v) is 4.09. The Kier molecular flexibility index (Phi) is 4.61. The lowest BCUT2D eigenvalue weighted by atomic mass is 9.97. The van der Waals surface area contributed by atoms with E-state index in [0.717, 1.165) is 12.1 Å². The number of H-pyrrole nitrogens is 1. The van der Waals surface area contributed by atoms with Crippen molar-refractivity contribution in [3.8, 4) is 22.6 Å². The molecule has 0 aliphatic heterocycles. The number of hydrogen-bond acceptors (Lipinski definition) is 4. The number of rotatable bonds is 4. The molecule has 1 aromatic carbocycles. The number of nitrogens with one attached hydrogen (secondary N) is 1. The zero-order chi connectivity index (χ0) is 19.8. The minimum atomic E-state index is -4.54. The van der Waals surface area contributed by atoms with Gasteiger partial charge < -0.3 is 15.8 Å². The molecule has 27 heavy (non-hydrogen) atoms. The van der Waals surface area contributed by atoms with Gasteiger partial charge in [-0.25, -0.2) is 14.8 Å². The van der Waals surface area contributed by atoms with Crippen LogP contribution in [0.4, 0.5) is 19.1 Å². The van der Waals surface area contributed by atoms with Crippen molar-refractivity contribution in [1.29, 1.82) is 0 Å². The van der Waals surface area contributed by atoms with E-state index in [1.54, 1.807) is 6.92 Å². The summed E-state index contributed by atoms with van der Waals surface area (Å²) in [6, 6.07) is 6.13. The molecule has 2 heterocycles. The molecule has 0 saturated carbocycles. The quantitative estimate of drug-likeness (QED) is 0.638. The van der Waals surface area contributed by atoms with Crippen LogP contribution in [0.15, 0.2) is 36.5 Å². The number of halogens is 3. The molecule has 0 unspecified atom stereocenters. The van der Waals surface area contributed by atoms with E-state index in [9.17, 15) is 23.1 Å². The molecule has 4 N–H and O–H groups in total. The molecule has 3 aromatic rings. The monoisotopic (exact) mass is 376 g/mol. The molecule has 0 aliphatic rings. The highest BCUT2D eigenvalue weighted by Gasteiger charge is 2.31. The number of benzene rings is 1. The number of anilines is 1. The van der Waals surface area contributed by atoms with E-state index < -0.39 is 17.7 Å². The Labute approximate surface area is 151 Å². The minimum Gasteiger partial charge on any atom is -0.478 e. The first-order valence-corrected chi connectivity index (χ1v) is 7.96. The van der Waals surface area contributed by atoms with Gasteiger partial charge in [-0.2, -0.15) is 13.2 Å². The zero-order valence-corrected chi connectivity index (χ0v) is 14.1. The lowest BCUT2D eigenvalue weighted by Crippen LogP contribution is -2.06. The van der Waals surface area contributed by atoms with Gasteiger partial charge in [0.25, 0.3) is 0 Å². The molecule has 0 bridgehead atoms. The van der Waals surface area contributed by atoms with Gasteiger partial charge in [0.15, 0.2) is 0 Å². The number of nitrogens with zero attached hydrogens (tertiary/aromatic N) is 2. The fourth-order valence-electron chi connectivity index (χ4n) is 2.79. The minimum absolute atomic E-state index is 0.00570. The summed E-state index contributed by atoms with van der Waals surface area (Å²) in [5, 5.41) is 9.53. The second kappa shape index (κ2) is 6.75. The number of aromatic nitrogens is 3. The van der Waals surface area contributed by atoms with Crippen molar-refractivity contribution in [3.05, 3.63) is 53.2 Å². The van der Waals surface area contributed by atoms with Crippen LogP contribution >= 0.6 is 0 Å². The molecule has 0 radical (unpaired) electrons. The van der Waals surface area contributed by atoms with E-state index in [-0.39, 0.29) is 22.8 Å². The van der Waals surface area contributed by atoms with E-state index in [1.807, 2.05) is 0 Å². The van der Waals surface area contributed by atoms with Gasteiger partial charge in [-0.1, -0.05) is 13.0 Å². The fraction of sp³-hybridized carbons (Fsp3) is 0.167. The molecule has 0 spiro atoms. The molecular weight excluding hydrogens is 361 g/mol. The molecule has 3 rings (SSSR count). The summed E-state index contributed by atoms with van der Waals surface area (Å²) in [7, 11) is 0. The molecule has 0 amide bonds. The average molecular weight is 376 g/mol. The number of hydrogen-bond donors (Lipinski definition) is 3. The van der Waals surface area contributed by atoms with Crippen LogP contribution in [0.3, 0.4) is 0 Å². The first kappa shape index (κ1) is 18.4. The van der Waals surface area contributed by atoms with Gasteiger partial charge in [0.1, 0.15) is 0 Å². The predicted molar refractivity (Wildman–Crippen MR) is 93.0 cm³/mol. The summed E-state index contributed by atoms with van der Waals surface area (Å²) in [6.45, 7) is 1.78. The molecular formula is C18H15F3N4O2. The van der Waals surface area contributed by atoms with Gasteiger partial charge in [-0.15, -0.1) is 0 Å². The van der Waals surface area contributed by atoms with Crippen LogP contribution < -0.4 is 5.73 Å². The number of carboxylic acid groups (broad SMARTS) is 1. The Hall–Kier alpha value is -3.36. The van der Waals surface area contributed by atoms with Crippen molar-refractivity contribution in [2.24, 2.45) is 0 Å². The van der Waals surface area contributed by atoms with E-state index in [2.05, 4.69) is 15.0 Å². The van der Waals surface area contributed by atoms with Crippen molar-refractivity contribution in [3.63, 3.8) is 0 Å². The molecule has 0 aliphatic carbocycles. The largest absolute Gasteiger partial charge is 0.478 e. The number of nitrogen functional groups attached to an aromatic ring is 1. The molecule has 0 atom stereocenters. The standard InChI is InChI=1S/C18H15F3N4O2/c1-2-9-3-4-10(18(19,20)21)7-11(9)15-12(16(26)27)8-14(24-15)13-5-6-23-17(22)25-13/h3-8,24H,2H2,1H3,(H,26,27)(H2,22,23,25). The zero-order valence-electron chi connectivity index (χ0n) is 14.1. The Morgan fingerprint density at radius 1 is 1.26 bits per heavy atom. The third kappa shape index (κ3) is 3.62. The van der Waals surface area contributed by atoms with Crippen molar-refractivity contribution in [2.75, 3.05) is 5.73 Å². The van der Waals surface area contributed by atoms with Crippen LogP contribution in [0.25, 0.3) is 22.6 Å². The Morgan fingerprint density at radius 2 is 2.00 bits per heavy atom. The van der Waals surface area contributed by atoms with Gasteiger partial charge in [0, 0.05) is 11.8 Å². The molecule has 0 fully saturated rings. The second-order valence-electron chi connectivity index (χ2n) is 5.80. The van der Waals surface area contributed by atoms with Crippen molar-refractivity contribution < 1.29 is 23.1 Å². The Bertz CT molecular complexity index is 1010. The van der Waals surface area contributed by atoms with Crippen LogP contribution in [0, 0.1) is 0 Å². The van der Waals surface area contributed by atoms with E-state index in [0.29, 0.717) is 23.4 Å². The van der Waals surface area contributed by atoms with Gasteiger partial charge in [0.05, 0.1) is 28.2 Å². The molecule has 9 heteroatoms. The SMILES string of the molecule is CCc1ccc(C(F)(F)F)cc1-c1[nH]c(-c2ccnc(N)n2)cc1C(=O)O. The maximum atomic E-state index is 13.1. The van der Waals surface area contributed by atoms with Crippen LogP contribution in [0.2, 0.25) is 0 Å². The van der Waals surface area contributed by atoms with Gasteiger partial charge >= 0.3 is 12.1 Å². The Morgan fingerprint density at radius 3 is 2.59 bits per heavy atom. The van der Waals surface area contributed by atoms with Crippen LogP contribution in [-0.2, 0) is 12.6 Å². The number of alkyl halides is 3. The fourth-order valence-corrected chi connectivity index (χ4v) is 2.79. The summed E-state index contributed by atoms with van der Waals surface area (Å²) < 4.78 is 39.4. The van der Waals surface area contributed by atoms with E-state index in [4.69, 9.17) is 5.73 Å². The molecule has 6 nitrogen and oxygen atoms in total. The topological polar surface area (TPSA) is 105 Å². The van der Waals surface area contributed by atoms with Gasteiger partial charge in [0.2, 0.25) is 5.95 Å². The van der Waals surface area contributed by atoms with E-state index >= 15 is 0 Å². The van der Waals surface area contributed by atoms with Crippen molar-refractivity contribution in [1.82, 2.24) is 15.0 Å². The number of carboxylic acids is 1. The molecule has 2 aromatic heterocycles. The summed E-state index contributed by atoms with van der Waals surface area (Å²) in [4.78, 5) is 22.3. The lowest BCUT2D eigenvalue weighted by Gasteiger charge is -2.13. The van der Waals surface area contributed by atoms with Crippen LogP contribution in [0.5, 0.6) is 0 Å². The van der Waals surface area contributed by atoms with Gasteiger partial charge in [-0.05, 0) is 36.2 Å². The number of nitrogens with two attached hydrogens (primary N) is 1. The summed E-state index contributed by atoms with van der Waals surface area (Å²) in [5.74, 6) is -1.28. The van der Waals surface area contributed by atoms with Crippen molar-refractivity contribution in [2.45, 2.75) is 19.5 Å². The highest BCUT2D eigenvalue weighted by Crippen LogP contribution is 2.36. The smallest absolute Gasteiger partial charge is 0.416 e. The maximum Gasteiger partial charge on any atom is 0.416 e. The Balaban J connectivity index is 2.23. The first-order chi connectivity index (χ1) is 12.7. The first-order valence-electron chi connectivity index (χ1n) is 7.96. The van der Waals surface area contributed by atoms with E-state index in [1.165, 1.54) is 24.4 Å². The third-order valence-electron chi connectivity index (χ3n) is 4.09. The number of carbonyl (C=O) groups is 1. The average Bonchev–Trinajstić information content (AvgIpc) is 3.06.